The van der Waals surface area contributed by atoms with Crippen molar-refractivity contribution in [2.24, 2.45) is 0 Å². The van der Waals surface area contributed by atoms with Crippen LogP contribution in [0.4, 0.5) is 0 Å². The highest BCUT2D eigenvalue weighted by molar-refractivity contribution is 6.85. The van der Waals surface area contributed by atoms with E-state index in [-0.39, 0.29) is 17.6 Å². The molecule has 0 fully saturated rings. The second-order valence-electron chi connectivity index (χ2n) is 32.5. The molecule has 0 aliphatic rings. The molecule has 8 aromatic carbocycles. The Hall–Kier alpha value is -3.20. The molecule has 540 valence electrons. The molecule has 96 heavy (non-hydrogen) atoms. The van der Waals surface area contributed by atoms with E-state index in [0.717, 1.165) is 0 Å². The Morgan fingerprint density at radius 2 is 0.219 bits per heavy atom. The van der Waals surface area contributed by atoms with Gasteiger partial charge in [-0.15, -0.1) is 0 Å². The second-order valence-corrected chi connectivity index (χ2v) is 80.2. The average Bonchev–Trinajstić information content (AvgIpc) is 0.977. The van der Waals surface area contributed by atoms with Gasteiger partial charge in [-0.2, -0.15) is 0 Å². The van der Waals surface area contributed by atoms with E-state index in [4.69, 9.17) is 0 Å². The first kappa shape index (κ1) is 104. The van der Waals surface area contributed by atoms with Crippen molar-refractivity contribution in [2.75, 3.05) is 0 Å². The Morgan fingerprint density at radius 1 is 0.167 bits per heavy atom. The van der Waals surface area contributed by atoms with Crippen LogP contribution in [-0.2, 0) is 0 Å². The third kappa shape index (κ3) is 85.0. The van der Waals surface area contributed by atoms with Crippen LogP contribution in [-0.4, -0.2) is 123 Å². The summed E-state index contributed by atoms with van der Waals surface area (Å²) in [6.45, 7) is 78.7. The topological polar surface area (TPSA) is 0 Å². The van der Waals surface area contributed by atoms with Gasteiger partial charge in [0.25, 0.3) is 0 Å². The Kier molecular flexibility index (Phi) is 71.7. The number of hydrogen-bond donors (Lipinski definition) is 0. The summed E-state index contributed by atoms with van der Waals surface area (Å²) in [4.78, 5) is 0. The number of hydrogen-bond acceptors (Lipinski definition) is 0. The van der Waals surface area contributed by atoms with Crippen LogP contribution < -0.4 is 41.5 Å². The fraction of sp³-hybridized carbons (Fsp3) is 0.415. The van der Waals surface area contributed by atoms with Crippen LogP contribution in [0.5, 0.6) is 0 Å². The van der Waals surface area contributed by atoms with Crippen molar-refractivity contribution in [1.82, 2.24) is 0 Å². The van der Waals surface area contributed by atoms with E-state index in [1.54, 1.807) is 0 Å². The van der Waals surface area contributed by atoms with Gasteiger partial charge in [0.15, 0.2) is 0 Å². The van der Waals surface area contributed by atoms with E-state index in [2.05, 4.69) is 465 Å². The second kappa shape index (κ2) is 66.4. The predicted octanol–water partition coefficient (Wildman–Crippen LogP) is 17.7. The first-order chi connectivity index (χ1) is 44.6. The van der Waals surface area contributed by atoms with Crippen molar-refractivity contribution in [3.05, 3.63) is 243 Å². The Bertz CT molecular complexity index is 2200. The van der Waals surface area contributed by atoms with Crippen molar-refractivity contribution in [3.63, 3.8) is 0 Å². The lowest BCUT2D eigenvalue weighted by Gasteiger charge is -2.09. The highest BCUT2D eigenvalue weighted by Gasteiger charge is 2.11. The zero-order valence-corrected chi connectivity index (χ0v) is 86.0. The number of benzene rings is 8. The van der Waals surface area contributed by atoms with Gasteiger partial charge in [-0.25, -0.2) is 0 Å². The lowest BCUT2D eigenvalue weighted by atomic mass is 10.4. The Balaban J connectivity index is -0.000000238. The van der Waals surface area contributed by atoms with Crippen molar-refractivity contribution < 1.29 is 0 Å². The molecule has 0 saturated carbocycles. The highest BCUT2D eigenvalue weighted by Crippen LogP contribution is 1.99. The molecule has 0 aromatic heterocycles. The van der Waals surface area contributed by atoms with E-state index in [0.29, 0.717) is 38.1 Å². The monoisotopic (exact) mass is 1530 g/mol. The molecule has 0 amide bonds. The molecule has 0 N–H and O–H groups in total. The minimum atomic E-state index is -0.919. The molecule has 0 spiro atoms. The maximum absolute atomic E-state index is 2.38. The summed E-state index contributed by atoms with van der Waals surface area (Å²) < 4.78 is 0. The molecule has 0 unspecified atom stereocenters. The van der Waals surface area contributed by atoms with Crippen LogP contribution in [0.3, 0.4) is 0 Å². The Labute approximate surface area is 624 Å². The molecule has 0 heterocycles. The molecule has 8 rings (SSSR count). The van der Waals surface area contributed by atoms with Crippen molar-refractivity contribution in [2.45, 2.75) is 223 Å². The molecule has 8 aromatic rings. The van der Waals surface area contributed by atoms with Crippen LogP contribution >= 0.6 is 0 Å². The summed E-state index contributed by atoms with van der Waals surface area (Å²) in [5, 5.41) is 12.1. The molecular weight excluding hydrogens is 1380 g/mol. The quantitative estimate of drug-likeness (QED) is 0.133. The summed E-state index contributed by atoms with van der Waals surface area (Å²) in [5.74, 6) is 0. The smallest absolute Gasteiger partial charge is 0.0750 e. The lowest BCUT2D eigenvalue weighted by Crippen LogP contribution is -2.38. The molecule has 0 bridgehead atoms. The van der Waals surface area contributed by atoms with Gasteiger partial charge in [-0.1, -0.05) is 507 Å². The summed E-state index contributed by atoms with van der Waals surface area (Å²) in [7, 11) is -4.73. The zero-order valence-electron chi connectivity index (χ0n) is 69.4. The highest BCUT2D eigenvalue weighted by atomic mass is 28.3. The van der Waals surface area contributed by atoms with Crippen LogP contribution in [0.25, 0.3) is 0 Å². The van der Waals surface area contributed by atoms with E-state index in [1.807, 2.05) is 0 Å². The molecular formula is C82H156Si14. The molecule has 0 aliphatic heterocycles. The normalized spacial score (nSPS) is 10.1. The average molecular weight is 1540 g/mol. The fourth-order valence-corrected chi connectivity index (χ4v) is 14.6. The van der Waals surface area contributed by atoms with Gasteiger partial charge in [0.05, 0.1) is 35.2 Å². The van der Waals surface area contributed by atoms with Crippen LogP contribution in [0.1, 0.15) is 0 Å². The van der Waals surface area contributed by atoms with Crippen LogP contribution in [0.2, 0.25) is 223 Å². The largest absolute Gasteiger partial charge is 0.0997 e. The van der Waals surface area contributed by atoms with Crippen molar-refractivity contribution in [1.29, 1.82) is 0 Å². The molecule has 0 saturated heterocycles. The lowest BCUT2D eigenvalue weighted by molar-refractivity contribution is 1.71. The van der Waals surface area contributed by atoms with Crippen LogP contribution in [0.15, 0.2) is 243 Å². The molecule has 0 aliphatic carbocycles. The summed E-state index contributed by atoms with van der Waals surface area (Å²) in [6, 6.07) is 86.5. The summed E-state index contributed by atoms with van der Waals surface area (Å²) in [6.07, 6.45) is 0. The molecule has 0 nitrogen and oxygen atoms in total. The van der Waals surface area contributed by atoms with Gasteiger partial charge >= 0.3 is 0 Å². The molecule has 14 heteroatoms. The minimum Gasteiger partial charge on any atom is -0.0750 e. The van der Waals surface area contributed by atoms with E-state index < -0.39 is 67.5 Å². The number of rotatable bonds is 8. The SMILES string of the molecule is C[SiH2]C.C[SiH2]C.C[SiH2]C.C[SiH2]C.C[SiH](C)C.C[SiH](C)C.C[SiH](c1ccccc1)c1ccccc1.C[SiH](c1ccccc1)c1ccccc1.C[SiH](c1ccccc1)c1ccccc1.C[SiH](c1ccccc1)c1ccccc1.C[Si](C)(C)C.C[Si](C)(C)C.C[Si](C)(C)C.C[Si](C)(C)C. The third-order valence-corrected chi connectivity index (χ3v) is 21.5. The molecule has 0 atom stereocenters. The summed E-state index contributed by atoms with van der Waals surface area (Å²) in [5.41, 5.74) is 0. The third-order valence-electron chi connectivity index (χ3n) is 10.4. The first-order valence-corrected chi connectivity index (χ1v) is 80.5. The van der Waals surface area contributed by atoms with Gasteiger partial charge in [0.2, 0.25) is 0 Å². The van der Waals surface area contributed by atoms with E-state index >= 15 is 0 Å². The standard InChI is InChI=1S/4C13H14Si.4C4H12Si.2C3H10Si.4C2H8Si/c4*1-14(12-8-4-2-5-9-12)13-10-6-3-7-11-13;4*1-5(2,3)4;2*1-4(2)3;4*1-3-2/h4*2-11,14H,1H3;4*1-4H3;2*4H,1-3H3;4*3H2,1-2H3. The van der Waals surface area contributed by atoms with Crippen LogP contribution in [0, 0.1) is 0 Å². The molecule has 0 radical (unpaired) electrons. The van der Waals surface area contributed by atoms with Gasteiger partial charge in [0, 0.05) is 88.0 Å². The van der Waals surface area contributed by atoms with Gasteiger partial charge in [0.1, 0.15) is 0 Å². The van der Waals surface area contributed by atoms with Gasteiger partial charge in [-0.05, 0) is 0 Å². The van der Waals surface area contributed by atoms with Gasteiger partial charge < -0.3 is 0 Å². The van der Waals surface area contributed by atoms with E-state index in [9.17, 15) is 0 Å². The first-order valence-electron chi connectivity index (χ1n) is 37.0. The van der Waals surface area contributed by atoms with Gasteiger partial charge in [-0.3, -0.25) is 0 Å². The minimum absolute atomic E-state index is 0.139. The van der Waals surface area contributed by atoms with Crippen molar-refractivity contribution in [3.8, 4) is 0 Å². The maximum Gasteiger partial charge on any atom is 0.0997 e. The van der Waals surface area contributed by atoms with E-state index in [1.165, 1.54) is 41.5 Å². The maximum atomic E-state index is 2.38. The Morgan fingerprint density at radius 3 is 0.271 bits per heavy atom. The fourth-order valence-electron chi connectivity index (χ4n) is 6.70. The zero-order chi connectivity index (χ0) is 75.2. The summed E-state index contributed by atoms with van der Waals surface area (Å²) >= 11 is 0. The van der Waals surface area contributed by atoms with Crippen molar-refractivity contribution >= 4 is 165 Å². The predicted molar refractivity (Wildman–Crippen MR) is 508 cm³/mol.